The van der Waals surface area contributed by atoms with Gasteiger partial charge in [0, 0.05) is 13.2 Å². The largest absolute Gasteiger partial charge is 0.396 e. The summed E-state index contributed by atoms with van der Waals surface area (Å²) in [5.74, 6) is 0.426. The minimum absolute atomic E-state index is 0.189. The molecule has 1 saturated carbocycles. The number of amides is 1. The second-order valence-corrected chi connectivity index (χ2v) is 5.28. The predicted octanol–water partition coefficient (Wildman–Crippen LogP) is 1.40. The number of nitrogens with one attached hydrogen (secondary N) is 1. The smallest absolute Gasteiger partial charge is 0.269 e. The minimum atomic E-state index is -0.221. The van der Waals surface area contributed by atoms with Gasteiger partial charge in [0.05, 0.1) is 11.3 Å². The maximum Gasteiger partial charge on any atom is 0.269 e. The summed E-state index contributed by atoms with van der Waals surface area (Å²) in [7, 11) is 0. The van der Waals surface area contributed by atoms with E-state index in [9.17, 15) is 9.90 Å². The van der Waals surface area contributed by atoms with Crippen LogP contribution in [0.1, 0.15) is 41.0 Å². The van der Waals surface area contributed by atoms with Crippen LogP contribution in [0.15, 0.2) is 12.1 Å². The van der Waals surface area contributed by atoms with Crippen LogP contribution < -0.4 is 5.32 Å². The molecule has 2 rings (SSSR count). The third kappa shape index (κ3) is 3.14. The number of aromatic nitrogens is 1. The van der Waals surface area contributed by atoms with Gasteiger partial charge in [0.2, 0.25) is 0 Å². The summed E-state index contributed by atoms with van der Waals surface area (Å²) in [4.78, 5) is 16.2. The normalized spacial score (nSPS) is 21.4. The van der Waals surface area contributed by atoms with Crippen LogP contribution in [0.25, 0.3) is 0 Å². The lowest BCUT2D eigenvalue weighted by Crippen LogP contribution is -2.32. The molecular weight excluding hydrogens is 254 g/mol. The number of carbonyl (C=O) groups excluding carboxylic acids is 1. The summed E-state index contributed by atoms with van der Waals surface area (Å²) in [6, 6.07) is 5.21. The van der Waals surface area contributed by atoms with Gasteiger partial charge in [-0.15, -0.1) is 0 Å². The highest BCUT2D eigenvalue weighted by Crippen LogP contribution is 2.30. The third-order valence-electron chi connectivity index (χ3n) is 4.01. The van der Waals surface area contributed by atoms with Crippen molar-refractivity contribution in [3.63, 3.8) is 0 Å². The van der Waals surface area contributed by atoms with Crippen LogP contribution in [0.3, 0.4) is 0 Å². The van der Waals surface area contributed by atoms with Gasteiger partial charge in [-0.1, -0.05) is 6.42 Å². The monoisotopic (exact) mass is 273 g/mol. The van der Waals surface area contributed by atoms with E-state index in [4.69, 9.17) is 5.26 Å². The van der Waals surface area contributed by atoms with Crippen molar-refractivity contribution in [2.75, 3.05) is 13.2 Å². The predicted molar refractivity (Wildman–Crippen MR) is 73.9 cm³/mol. The number of aliphatic hydroxyl groups is 1. The van der Waals surface area contributed by atoms with E-state index in [-0.39, 0.29) is 12.5 Å². The summed E-state index contributed by atoms with van der Waals surface area (Å²) in [5.41, 5.74) is 1.38. The Balaban J connectivity index is 1.95. The van der Waals surface area contributed by atoms with Crippen molar-refractivity contribution in [3.05, 3.63) is 29.1 Å². The third-order valence-corrected chi connectivity index (χ3v) is 4.01. The Labute approximate surface area is 118 Å². The molecule has 1 aromatic heterocycles. The van der Waals surface area contributed by atoms with E-state index in [0.29, 0.717) is 35.3 Å². The van der Waals surface area contributed by atoms with Crippen LogP contribution >= 0.6 is 0 Å². The number of rotatable bonds is 4. The van der Waals surface area contributed by atoms with Crippen molar-refractivity contribution in [2.24, 2.45) is 11.8 Å². The standard InChI is InChI=1S/C15H19N3O2/c1-10-11(7-16)5-6-14(18-10)15(20)17-8-12-3-2-4-13(12)9-19/h5-6,12-13,19H,2-4,8-9H2,1H3,(H,17,20). The molecule has 1 aliphatic carbocycles. The van der Waals surface area contributed by atoms with Crippen LogP contribution in [0.4, 0.5) is 0 Å². The van der Waals surface area contributed by atoms with Crippen molar-refractivity contribution in [2.45, 2.75) is 26.2 Å². The van der Waals surface area contributed by atoms with Crippen LogP contribution in [0, 0.1) is 30.1 Å². The molecule has 1 aliphatic rings. The Morgan fingerprint density at radius 2 is 2.25 bits per heavy atom. The maximum atomic E-state index is 12.0. The first-order valence-electron chi connectivity index (χ1n) is 6.92. The highest BCUT2D eigenvalue weighted by Gasteiger charge is 2.26. The van der Waals surface area contributed by atoms with Gasteiger partial charge >= 0.3 is 0 Å². The second-order valence-electron chi connectivity index (χ2n) is 5.28. The number of hydrogen-bond donors (Lipinski definition) is 2. The molecule has 0 radical (unpaired) electrons. The lowest BCUT2D eigenvalue weighted by atomic mass is 9.97. The van der Waals surface area contributed by atoms with E-state index < -0.39 is 0 Å². The molecule has 1 heterocycles. The lowest BCUT2D eigenvalue weighted by molar-refractivity contribution is 0.0932. The Hall–Kier alpha value is -1.93. The number of carbonyl (C=O) groups is 1. The van der Waals surface area contributed by atoms with Crippen molar-refractivity contribution < 1.29 is 9.90 Å². The molecular formula is C15H19N3O2. The summed E-state index contributed by atoms with van der Waals surface area (Å²) < 4.78 is 0. The van der Waals surface area contributed by atoms with Gasteiger partial charge in [-0.3, -0.25) is 4.79 Å². The van der Waals surface area contributed by atoms with Crippen LogP contribution in [0.5, 0.6) is 0 Å². The molecule has 0 saturated heterocycles. The Kier molecular flexibility index (Phi) is 4.70. The molecule has 0 bridgehead atoms. The van der Waals surface area contributed by atoms with Gasteiger partial charge in [-0.05, 0) is 43.7 Å². The van der Waals surface area contributed by atoms with Crippen molar-refractivity contribution in [3.8, 4) is 6.07 Å². The number of hydrogen-bond acceptors (Lipinski definition) is 4. The number of pyridine rings is 1. The first-order valence-corrected chi connectivity index (χ1v) is 6.92. The number of nitrogens with zero attached hydrogens (tertiary/aromatic N) is 2. The molecule has 5 nitrogen and oxygen atoms in total. The summed E-state index contributed by atoms with van der Waals surface area (Å²) >= 11 is 0. The number of nitriles is 1. The molecule has 2 atom stereocenters. The molecule has 0 spiro atoms. The van der Waals surface area contributed by atoms with Crippen LogP contribution in [0.2, 0.25) is 0 Å². The molecule has 1 amide bonds. The second kappa shape index (κ2) is 6.49. The van der Waals surface area contributed by atoms with Gasteiger partial charge < -0.3 is 10.4 Å². The number of aliphatic hydroxyl groups excluding tert-OH is 1. The van der Waals surface area contributed by atoms with Crippen molar-refractivity contribution >= 4 is 5.91 Å². The van der Waals surface area contributed by atoms with E-state index in [1.54, 1.807) is 19.1 Å². The van der Waals surface area contributed by atoms with Gasteiger partial charge in [0.25, 0.3) is 5.91 Å². The fourth-order valence-electron chi connectivity index (χ4n) is 2.74. The van der Waals surface area contributed by atoms with Gasteiger partial charge in [-0.2, -0.15) is 5.26 Å². The highest BCUT2D eigenvalue weighted by molar-refractivity contribution is 5.92. The van der Waals surface area contributed by atoms with Crippen LogP contribution in [-0.4, -0.2) is 29.1 Å². The quantitative estimate of drug-likeness (QED) is 0.868. The van der Waals surface area contributed by atoms with Crippen molar-refractivity contribution in [1.82, 2.24) is 10.3 Å². The van der Waals surface area contributed by atoms with Crippen LogP contribution in [-0.2, 0) is 0 Å². The first kappa shape index (κ1) is 14.5. The number of aryl methyl sites for hydroxylation is 1. The lowest BCUT2D eigenvalue weighted by Gasteiger charge is -2.17. The van der Waals surface area contributed by atoms with Gasteiger partial charge in [0.1, 0.15) is 11.8 Å². The zero-order valence-electron chi connectivity index (χ0n) is 11.6. The molecule has 2 unspecified atom stereocenters. The molecule has 106 valence electrons. The average Bonchev–Trinajstić information content (AvgIpc) is 2.92. The molecule has 2 N–H and O–H groups in total. The highest BCUT2D eigenvalue weighted by atomic mass is 16.3. The molecule has 1 aromatic rings. The zero-order chi connectivity index (χ0) is 14.5. The molecule has 0 aliphatic heterocycles. The molecule has 5 heteroatoms. The summed E-state index contributed by atoms with van der Waals surface area (Å²) in [6.45, 7) is 2.48. The van der Waals surface area contributed by atoms with E-state index in [0.717, 1.165) is 19.3 Å². The SMILES string of the molecule is Cc1nc(C(=O)NCC2CCCC2CO)ccc1C#N. The average molecular weight is 273 g/mol. The van der Waals surface area contributed by atoms with E-state index in [1.807, 2.05) is 6.07 Å². The molecule has 0 aromatic carbocycles. The Morgan fingerprint density at radius 1 is 1.50 bits per heavy atom. The Bertz CT molecular complexity index is 536. The molecule has 20 heavy (non-hydrogen) atoms. The fourth-order valence-corrected chi connectivity index (χ4v) is 2.74. The first-order chi connectivity index (χ1) is 9.65. The maximum absolute atomic E-state index is 12.0. The topological polar surface area (TPSA) is 86.0 Å². The molecule has 1 fully saturated rings. The van der Waals surface area contributed by atoms with Gasteiger partial charge in [-0.25, -0.2) is 4.98 Å². The Morgan fingerprint density at radius 3 is 2.90 bits per heavy atom. The summed E-state index contributed by atoms with van der Waals surface area (Å²) in [6.07, 6.45) is 3.19. The van der Waals surface area contributed by atoms with Crippen molar-refractivity contribution in [1.29, 1.82) is 5.26 Å². The van der Waals surface area contributed by atoms with E-state index >= 15 is 0 Å². The fraction of sp³-hybridized carbons (Fsp3) is 0.533. The summed E-state index contributed by atoms with van der Waals surface area (Å²) in [5, 5.41) is 21.0. The van der Waals surface area contributed by atoms with E-state index in [2.05, 4.69) is 10.3 Å². The zero-order valence-corrected chi connectivity index (χ0v) is 11.6. The van der Waals surface area contributed by atoms with E-state index in [1.165, 1.54) is 0 Å². The minimum Gasteiger partial charge on any atom is -0.396 e. The van der Waals surface area contributed by atoms with Gasteiger partial charge in [0.15, 0.2) is 0 Å².